The molecule has 1 saturated heterocycles. The van der Waals surface area contributed by atoms with Crippen LogP contribution < -0.4 is 10.1 Å². The first kappa shape index (κ1) is 15.7. The predicted molar refractivity (Wildman–Crippen MR) is 84.6 cm³/mol. The molecule has 2 amide bonds. The van der Waals surface area contributed by atoms with Crippen LogP contribution >= 0.6 is 0 Å². The van der Waals surface area contributed by atoms with Gasteiger partial charge in [0.15, 0.2) is 0 Å². The number of carbonyl (C=O) groups excluding carboxylic acids is 1. The maximum atomic E-state index is 12.4. The van der Waals surface area contributed by atoms with Crippen molar-refractivity contribution >= 4 is 6.03 Å². The molecule has 1 heterocycles. The normalized spacial score (nSPS) is 20.0. The lowest BCUT2D eigenvalue weighted by Gasteiger charge is -2.34. The van der Waals surface area contributed by atoms with Crippen molar-refractivity contribution < 1.29 is 9.53 Å². The molecule has 1 aromatic carbocycles. The molecule has 1 aliphatic rings. The largest absolute Gasteiger partial charge is 0.494 e. The second-order valence-electron chi connectivity index (χ2n) is 5.71. The van der Waals surface area contributed by atoms with Gasteiger partial charge in [-0.15, -0.1) is 0 Å². The summed E-state index contributed by atoms with van der Waals surface area (Å²) in [5.41, 5.74) is 1.07. The molecule has 0 saturated carbocycles. The van der Waals surface area contributed by atoms with Gasteiger partial charge in [0.05, 0.1) is 12.6 Å². The topological polar surface area (TPSA) is 41.6 Å². The highest BCUT2D eigenvalue weighted by Crippen LogP contribution is 2.21. The summed E-state index contributed by atoms with van der Waals surface area (Å²) in [6.07, 6.45) is 3.42. The van der Waals surface area contributed by atoms with Crippen molar-refractivity contribution in [1.82, 2.24) is 10.2 Å². The van der Waals surface area contributed by atoms with E-state index in [2.05, 4.69) is 12.2 Å². The Morgan fingerprint density at radius 1 is 1.48 bits per heavy atom. The molecule has 1 aromatic rings. The molecule has 2 rings (SSSR count). The first-order valence-electron chi connectivity index (χ1n) is 7.91. The maximum absolute atomic E-state index is 12.4. The summed E-state index contributed by atoms with van der Waals surface area (Å²) < 4.78 is 5.51. The second-order valence-corrected chi connectivity index (χ2v) is 5.71. The Hall–Kier alpha value is -1.71. The van der Waals surface area contributed by atoms with E-state index in [4.69, 9.17) is 4.74 Å². The summed E-state index contributed by atoms with van der Waals surface area (Å²) >= 11 is 0. The third kappa shape index (κ3) is 4.13. The molecule has 0 bridgehead atoms. The highest BCUT2D eigenvalue weighted by Gasteiger charge is 2.24. The number of hydrogen-bond donors (Lipinski definition) is 1. The number of carbonyl (C=O) groups is 1. The van der Waals surface area contributed by atoms with E-state index >= 15 is 0 Å². The van der Waals surface area contributed by atoms with E-state index in [1.807, 2.05) is 43.0 Å². The Labute approximate surface area is 127 Å². The number of hydrogen-bond acceptors (Lipinski definition) is 2. The van der Waals surface area contributed by atoms with E-state index in [1.54, 1.807) is 0 Å². The number of amides is 2. The monoisotopic (exact) mass is 290 g/mol. The van der Waals surface area contributed by atoms with Crippen LogP contribution in [0.25, 0.3) is 0 Å². The van der Waals surface area contributed by atoms with Gasteiger partial charge in [0.25, 0.3) is 0 Å². The molecule has 1 fully saturated rings. The molecule has 2 unspecified atom stereocenters. The molecule has 0 spiro atoms. The van der Waals surface area contributed by atoms with Gasteiger partial charge in [0.2, 0.25) is 0 Å². The molecule has 1 N–H and O–H groups in total. The number of benzene rings is 1. The van der Waals surface area contributed by atoms with Crippen LogP contribution in [-0.2, 0) is 0 Å². The molecule has 0 radical (unpaired) electrons. The van der Waals surface area contributed by atoms with Crippen LogP contribution in [0.5, 0.6) is 5.75 Å². The third-order valence-electron chi connectivity index (χ3n) is 4.07. The highest BCUT2D eigenvalue weighted by molar-refractivity contribution is 5.75. The van der Waals surface area contributed by atoms with Gasteiger partial charge in [-0.25, -0.2) is 4.79 Å². The van der Waals surface area contributed by atoms with Crippen LogP contribution in [0.4, 0.5) is 4.79 Å². The Morgan fingerprint density at radius 2 is 2.29 bits per heavy atom. The van der Waals surface area contributed by atoms with E-state index in [9.17, 15) is 4.79 Å². The van der Waals surface area contributed by atoms with Crippen molar-refractivity contribution in [2.45, 2.75) is 52.1 Å². The highest BCUT2D eigenvalue weighted by atomic mass is 16.5. The lowest BCUT2D eigenvalue weighted by Crippen LogP contribution is -2.48. The first-order valence-corrected chi connectivity index (χ1v) is 7.91. The average Bonchev–Trinajstić information content (AvgIpc) is 2.48. The van der Waals surface area contributed by atoms with Gasteiger partial charge < -0.3 is 15.0 Å². The van der Waals surface area contributed by atoms with Gasteiger partial charge in [-0.2, -0.15) is 0 Å². The maximum Gasteiger partial charge on any atom is 0.318 e. The van der Waals surface area contributed by atoms with Gasteiger partial charge in [0.1, 0.15) is 5.75 Å². The number of urea groups is 1. The third-order valence-corrected chi connectivity index (χ3v) is 4.07. The number of nitrogens with zero attached hydrogens (tertiary/aromatic N) is 1. The Kier molecular flexibility index (Phi) is 5.48. The molecule has 0 aliphatic carbocycles. The lowest BCUT2D eigenvalue weighted by molar-refractivity contribution is 0.155. The Bertz CT molecular complexity index is 476. The molecule has 116 valence electrons. The Morgan fingerprint density at radius 3 is 3.00 bits per heavy atom. The minimum Gasteiger partial charge on any atom is -0.494 e. The fraction of sp³-hybridized carbons (Fsp3) is 0.588. The number of ether oxygens (including phenoxy) is 1. The SMILES string of the molecule is CCOc1cccc(C(C)NC(=O)N2CCCCC2C)c1. The van der Waals surface area contributed by atoms with E-state index < -0.39 is 0 Å². The first-order chi connectivity index (χ1) is 10.1. The molecular formula is C17H26N2O2. The zero-order chi connectivity index (χ0) is 15.2. The quantitative estimate of drug-likeness (QED) is 0.918. The zero-order valence-electron chi connectivity index (χ0n) is 13.3. The molecular weight excluding hydrogens is 264 g/mol. The van der Waals surface area contributed by atoms with Gasteiger partial charge in [-0.3, -0.25) is 0 Å². The molecule has 2 atom stereocenters. The summed E-state index contributed by atoms with van der Waals surface area (Å²) in [6.45, 7) is 7.61. The average molecular weight is 290 g/mol. The molecule has 0 aromatic heterocycles. The van der Waals surface area contributed by atoms with Gasteiger partial charge in [-0.05, 0) is 57.7 Å². The van der Waals surface area contributed by atoms with Crippen molar-refractivity contribution in [1.29, 1.82) is 0 Å². The minimum atomic E-state index is -0.0213. The van der Waals surface area contributed by atoms with Crippen molar-refractivity contribution in [2.24, 2.45) is 0 Å². The zero-order valence-corrected chi connectivity index (χ0v) is 13.3. The Balaban J connectivity index is 1.98. The van der Waals surface area contributed by atoms with Gasteiger partial charge >= 0.3 is 6.03 Å². The van der Waals surface area contributed by atoms with Gasteiger partial charge in [0, 0.05) is 12.6 Å². The van der Waals surface area contributed by atoms with E-state index in [-0.39, 0.29) is 12.1 Å². The second kappa shape index (κ2) is 7.34. The number of rotatable bonds is 4. The molecule has 21 heavy (non-hydrogen) atoms. The predicted octanol–water partition coefficient (Wildman–Crippen LogP) is 3.73. The fourth-order valence-corrected chi connectivity index (χ4v) is 2.79. The van der Waals surface area contributed by atoms with Gasteiger partial charge in [-0.1, -0.05) is 12.1 Å². The van der Waals surface area contributed by atoms with Crippen LogP contribution in [0.15, 0.2) is 24.3 Å². The number of likely N-dealkylation sites (tertiary alicyclic amines) is 1. The van der Waals surface area contributed by atoms with E-state index in [1.165, 1.54) is 6.42 Å². The van der Waals surface area contributed by atoms with E-state index in [0.29, 0.717) is 12.6 Å². The number of piperidine rings is 1. The van der Waals surface area contributed by atoms with Crippen LogP contribution in [0.3, 0.4) is 0 Å². The van der Waals surface area contributed by atoms with E-state index in [0.717, 1.165) is 30.7 Å². The summed E-state index contributed by atoms with van der Waals surface area (Å²) in [7, 11) is 0. The van der Waals surface area contributed by atoms with Crippen molar-refractivity contribution in [2.75, 3.05) is 13.2 Å². The summed E-state index contributed by atoms with van der Waals surface area (Å²) in [5, 5.41) is 3.10. The summed E-state index contributed by atoms with van der Waals surface area (Å²) in [4.78, 5) is 14.3. The van der Waals surface area contributed by atoms with Crippen LogP contribution in [0.1, 0.15) is 51.6 Å². The molecule has 4 nitrogen and oxygen atoms in total. The van der Waals surface area contributed by atoms with Crippen molar-refractivity contribution in [3.05, 3.63) is 29.8 Å². The smallest absolute Gasteiger partial charge is 0.318 e. The summed E-state index contributed by atoms with van der Waals surface area (Å²) in [5.74, 6) is 0.849. The minimum absolute atomic E-state index is 0.0213. The number of nitrogens with one attached hydrogen (secondary N) is 1. The van der Waals surface area contributed by atoms with Crippen molar-refractivity contribution in [3.8, 4) is 5.75 Å². The summed E-state index contributed by atoms with van der Waals surface area (Å²) in [6, 6.07) is 8.27. The molecule has 1 aliphatic heterocycles. The molecule has 4 heteroatoms. The van der Waals surface area contributed by atoms with Crippen LogP contribution in [0, 0.1) is 0 Å². The lowest BCUT2D eigenvalue weighted by atomic mass is 10.0. The van der Waals surface area contributed by atoms with Crippen LogP contribution in [-0.4, -0.2) is 30.1 Å². The fourth-order valence-electron chi connectivity index (χ4n) is 2.79. The van der Waals surface area contributed by atoms with Crippen LogP contribution in [0.2, 0.25) is 0 Å². The standard InChI is InChI=1S/C17H26N2O2/c1-4-21-16-10-7-9-15(12-16)14(3)18-17(20)19-11-6-5-8-13(19)2/h7,9-10,12-14H,4-6,8,11H2,1-3H3,(H,18,20). The van der Waals surface area contributed by atoms with Crippen molar-refractivity contribution in [3.63, 3.8) is 0 Å².